The molecular formula is C26H34O. The Balaban J connectivity index is 1.59. The molecule has 2 saturated carbocycles. The van der Waals surface area contributed by atoms with Crippen LogP contribution < -0.4 is 0 Å². The summed E-state index contributed by atoms with van der Waals surface area (Å²) in [6.07, 6.45) is 15.0. The van der Waals surface area contributed by atoms with Gasteiger partial charge < -0.3 is 4.74 Å². The molecule has 0 N–H and O–H groups in total. The van der Waals surface area contributed by atoms with E-state index >= 15 is 0 Å². The molecule has 4 rings (SSSR count). The van der Waals surface area contributed by atoms with Crippen LogP contribution in [0.15, 0.2) is 60.7 Å². The first-order valence-electron chi connectivity index (χ1n) is 11.1. The molecule has 2 aromatic carbocycles. The molecular weight excluding hydrogens is 328 g/mol. The molecule has 0 amide bonds. The molecule has 0 aliphatic heterocycles. The second kappa shape index (κ2) is 8.61. The van der Waals surface area contributed by atoms with E-state index in [1.54, 1.807) is 0 Å². The molecule has 0 spiro atoms. The SMILES string of the molecule is c1ccc(CC2(OC3(Cc4ccccc4)CCCCC3)CCCCC2)cc1. The minimum absolute atomic E-state index is 0.0335. The fourth-order valence-electron chi connectivity index (χ4n) is 5.42. The third-order valence-corrected chi connectivity index (χ3v) is 6.70. The van der Waals surface area contributed by atoms with Crippen molar-refractivity contribution in [3.05, 3.63) is 71.8 Å². The van der Waals surface area contributed by atoms with Gasteiger partial charge in [0, 0.05) is 12.8 Å². The lowest BCUT2D eigenvalue weighted by Gasteiger charge is -2.48. The van der Waals surface area contributed by atoms with Crippen molar-refractivity contribution >= 4 is 0 Å². The summed E-state index contributed by atoms with van der Waals surface area (Å²) in [6, 6.07) is 22.1. The summed E-state index contributed by atoms with van der Waals surface area (Å²) in [7, 11) is 0. The average Bonchev–Trinajstić information content (AvgIpc) is 2.70. The molecule has 1 nitrogen and oxygen atoms in total. The van der Waals surface area contributed by atoms with Gasteiger partial charge in [-0.2, -0.15) is 0 Å². The van der Waals surface area contributed by atoms with Crippen molar-refractivity contribution in [2.24, 2.45) is 0 Å². The van der Waals surface area contributed by atoms with Crippen molar-refractivity contribution in [1.29, 1.82) is 0 Å². The molecule has 2 aromatic rings. The van der Waals surface area contributed by atoms with Gasteiger partial charge in [0.15, 0.2) is 0 Å². The maximum absolute atomic E-state index is 7.32. The van der Waals surface area contributed by atoms with Gasteiger partial charge in [0.1, 0.15) is 0 Å². The van der Waals surface area contributed by atoms with Crippen molar-refractivity contribution in [3.63, 3.8) is 0 Å². The highest BCUT2D eigenvalue weighted by molar-refractivity contribution is 5.20. The van der Waals surface area contributed by atoms with Crippen LogP contribution in [-0.2, 0) is 17.6 Å². The van der Waals surface area contributed by atoms with Gasteiger partial charge in [0.05, 0.1) is 11.2 Å². The fraction of sp³-hybridized carbons (Fsp3) is 0.538. The second-order valence-corrected chi connectivity index (χ2v) is 8.91. The Hall–Kier alpha value is -1.60. The van der Waals surface area contributed by atoms with E-state index in [1.165, 1.54) is 75.3 Å². The molecule has 1 heteroatoms. The van der Waals surface area contributed by atoms with Gasteiger partial charge in [-0.3, -0.25) is 0 Å². The van der Waals surface area contributed by atoms with Gasteiger partial charge in [-0.15, -0.1) is 0 Å². The number of hydrogen-bond acceptors (Lipinski definition) is 1. The van der Waals surface area contributed by atoms with Gasteiger partial charge in [-0.1, -0.05) is 99.2 Å². The van der Waals surface area contributed by atoms with Crippen molar-refractivity contribution in [2.45, 2.75) is 88.3 Å². The highest BCUT2D eigenvalue weighted by Crippen LogP contribution is 2.44. The van der Waals surface area contributed by atoms with Crippen LogP contribution in [0.1, 0.15) is 75.3 Å². The first-order chi connectivity index (χ1) is 13.3. The molecule has 0 atom stereocenters. The lowest BCUT2D eigenvalue weighted by molar-refractivity contribution is -0.184. The predicted molar refractivity (Wildman–Crippen MR) is 113 cm³/mol. The summed E-state index contributed by atoms with van der Waals surface area (Å²) in [6.45, 7) is 0. The smallest absolute Gasteiger partial charge is 0.0730 e. The maximum Gasteiger partial charge on any atom is 0.0730 e. The third-order valence-electron chi connectivity index (χ3n) is 6.70. The van der Waals surface area contributed by atoms with Gasteiger partial charge >= 0.3 is 0 Å². The molecule has 2 aliphatic rings. The Morgan fingerprint density at radius 2 is 0.889 bits per heavy atom. The average molecular weight is 363 g/mol. The molecule has 0 aromatic heterocycles. The summed E-state index contributed by atoms with van der Waals surface area (Å²) < 4.78 is 7.32. The summed E-state index contributed by atoms with van der Waals surface area (Å²) >= 11 is 0. The minimum atomic E-state index is 0.0335. The standard InChI is InChI=1S/C26H34O/c1-5-13-23(14-6-1)21-25(17-9-3-10-18-25)27-26(19-11-4-12-20-26)22-24-15-7-2-8-16-24/h1-2,5-8,13-16H,3-4,9-12,17-22H2. The molecule has 27 heavy (non-hydrogen) atoms. The zero-order valence-electron chi connectivity index (χ0n) is 16.7. The number of rotatable bonds is 6. The highest BCUT2D eigenvalue weighted by Gasteiger charge is 2.43. The van der Waals surface area contributed by atoms with Crippen LogP contribution in [0.25, 0.3) is 0 Å². The van der Waals surface area contributed by atoms with E-state index < -0.39 is 0 Å². The van der Waals surface area contributed by atoms with E-state index in [0.717, 1.165) is 12.8 Å². The fourth-order valence-corrected chi connectivity index (χ4v) is 5.42. The van der Waals surface area contributed by atoms with Crippen LogP contribution in [-0.4, -0.2) is 11.2 Å². The summed E-state index contributed by atoms with van der Waals surface area (Å²) in [5, 5.41) is 0. The molecule has 0 radical (unpaired) electrons. The zero-order valence-corrected chi connectivity index (χ0v) is 16.7. The maximum atomic E-state index is 7.32. The molecule has 0 saturated heterocycles. The molecule has 0 unspecified atom stereocenters. The Kier molecular flexibility index (Phi) is 5.98. The molecule has 144 valence electrons. The summed E-state index contributed by atoms with van der Waals surface area (Å²) in [4.78, 5) is 0. The van der Waals surface area contributed by atoms with Crippen LogP contribution in [0, 0.1) is 0 Å². The number of ether oxygens (including phenoxy) is 1. The Morgan fingerprint density at radius 1 is 0.519 bits per heavy atom. The quantitative estimate of drug-likeness (QED) is 0.543. The van der Waals surface area contributed by atoms with E-state index in [0.29, 0.717) is 0 Å². The monoisotopic (exact) mass is 362 g/mol. The van der Waals surface area contributed by atoms with Gasteiger partial charge in [-0.25, -0.2) is 0 Å². The molecule has 0 bridgehead atoms. The molecule has 2 fully saturated rings. The van der Waals surface area contributed by atoms with Crippen molar-refractivity contribution in [2.75, 3.05) is 0 Å². The van der Waals surface area contributed by atoms with Crippen LogP contribution in [0.4, 0.5) is 0 Å². The van der Waals surface area contributed by atoms with E-state index in [4.69, 9.17) is 4.74 Å². The van der Waals surface area contributed by atoms with Crippen LogP contribution >= 0.6 is 0 Å². The minimum Gasteiger partial charge on any atom is -0.368 e. The Morgan fingerprint density at radius 3 is 1.26 bits per heavy atom. The molecule has 0 heterocycles. The predicted octanol–water partition coefficient (Wildman–Crippen LogP) is 6.89. The number of benzene rings is 2. The highest BCUT2D eigenvalue weighted by atomic mass is 16.5. The van der Waals surface area contributed by atoms with Crippen LogP contribution in [0.3, 0.4) is 0 Å². The van der Waals surface area contributed by atoms with E-state index in [-0.39, 0.29) is 11.2 Å². The van der Waals surface area contributed by atoms with Crippen LogP contribution in [0.2, 0.25) is 0 Å². The van der Waals surface area contributed by atoms with Gasteiger partial charge in [0.2, 0.25) is 0 Å². The lowest BCUT2D eigenvalue weighted by Crippen LogP contribution is -2.49. The van der Waals surface area contributed by atoms with Gasteiger partial charge in [0.25, 0.3) is 0 Å². The van der Waals surface area contributed by atoms with E-state index in [1.807, 2.05) is 0 Å². The second-order valence-electron chi connectivity index (χ2n) is 8.91. The van der Waals surface area contributed by atoms with Crippen molar-refractivity contribution in [3.8, 4) is 0 Å². The summed E-state index contributed by atoms with van der Waals surface area (Å²) in [5.41, 5.74) is 2.94. The van der Waals surface area contributed by atoms with E-state index in [9.17, 15) is 0 Å². The van der Waals surface area contributed by atoms with Crippen molar-refractivity contribution in [1.82, 2.24) is 0 Å². The third kappa shape index (κ3) is 4.82. The lowest BCUT2D eigenvalue weighted by atomic mass is 9.76. The first-order valence-corrected chi connectivity index (χ1v) is 11.1. The topological polar surface area (TPSA) is 9.23 Å². The largest absolute Gasteiger partial charge is 0.368 e. The van der Waals surface area contributed by atoms with Crippen LogP contribution in [0.5, 0.6) is 0 Å². The zero-order chi connectivity index (χ0) is 18.4. The van der Waals surface area contributed by atoms with E-state index in [2.05, 4.69) is 60.7 Å². The Bertz CT molecular complexity index is 617. The van der Waals surface area contributed by atoms with Crippen molar-refractivity contribution < 1.29 is 4.74 Å². The molecule has 2 aliphatic carbocycles. The Labute approximate surface area is 165 Å². The number of hydrogen-bond donors (Lipinski definition) is 0. The first kappa shape index (κ1) is 18.7. The summed E-state index contributed by atoms with van der Waals surface area (Å²) in [5.74, 6) is 0. The van der Waals surface area contributed by atoms with Gasteiger partial charge in [-0.05, 0) is 36.8 Å². The normalized spacial score (nSPS) is 21.6.